The first kappa shape index (κ1) is 15.8. The number of carbonyl (C=O) groups is 4. The highest BCUT2D eigenvalue weighted by molar-refractivity contribution is 6.05. The van der Waals surface area contributed by atoms with Crippen molar-refractivity contribution in [2.24, 2.45) is 0 Å². The number of nitrogens with one attached hydrogen (secondary N) is 1. The average molecular weight is 341 g/mol. The molecule has 1 aromatic rings. The molecule has 0 saturated carbocycles. The lowest BCUT2D eigenvalue weighted by Gasteiger charge is -2.29. The summed E-state index contributed by atoms with van der Waals surface area (Å²) in [6.45, 7) is 1.77. The number of ketones is 1. The van der Waals surface area contributed by atoms with Crippen molar-refractivity contribution in [2.45, 2.75) is 38.3 Å². The van der Waals surface area contributed by atoms with Crippen LogP contribution < -0.4 is 10.2 Å². The van der Waals surface area contributed by atoms with Gasteiger partial charge in [0.1, 0.15) is 11.8 Å². The van der Waals surface area contributed by atoms with Crippen LogP contribution in [0.4, 0.5) is 5.69 Å². The van der Waals surface area contributed by atoms with Crippen molar-refractivity contribution in [3.05, 3.63) is 29.3 Å². The minimum atomic E-state index is -0.589. The van der Waals surface area contributed by atoms with Crippen LogP contribution in [0.1, 0.15) is 41.6 Å². The summed E-state index contributed by atoms with van der Waals surface area (Å²) in [7, 11) is 0. The second-order valence-corrected chi connectivity index (χ2v) is 6.77. The lowest BCUT2D eigenvalue weighted by molar-refractivity contribution is -0.137. The first-order valence-electron chi connectivity index (χ1n) is 8.57. The van der Waals surface area contributed by atoms with Gasteiger partial charge in [-0.3, -0.25) is 24.5 Å². The largest absolute Gasteiger partial charge is 0.371 e. The molecule has 3 amide bonds. The molecular formula is C18H19N3O4. The molecule has 1 N–H and O–H groups in total. The van der Waals surface area contributed by atoms with E-state index in [1.807, 2.05) is 12.1 Å². The molecule has 0 bridgehead atoms. The summed E-state index contributed by atoms with van der Waals surface area (Å²) in [5.74, 6) is -0.555. The van der Waals surface area contributed by atoms with Crippen LogP contribution in [-0.2, 0) is 20.9 Å². The van der Waals surface area contributed by atoms with Crippen molar-refractivity contribution in [3.8, 4) is 0 Å². The Morgan fingerprint density at radius 2 is 1.76 bits per heavy atom. The van der Waals surface area contributed by atoms with E-state index in [-0.39, 0.29) is 24.0 Å². The van der Waals surface area contributed by atoms with Crippen LogP contribution >= 0.6 is 0 Å². The molecule has 1 unspecified atom stereocenters. The zero-order chi connectivity index (χ0) is 17.6. The van der Waals surface area contributed by atoms with E-state index >= 15 is 0 Å². The Hall–Kier alpha value is -2.70. The molecule has 0 radical (unpaired) electrons. The number of amides is 3. The predicted molar refractivity (Wildman–Crippen MR) is 88.9 cm³/mol. The van der Waals surface area contributed by atoms with Crippen LogP contribution in [0, 0.1) is 0 Å². The quantitative estimate of drug-likeness (QED) is 0.797. The van der Waals surface area contributed by atoms with Gasteiger partial charge in [-0.1, -0.05) is 0 Å². The van der Waals surface area contributed by atoms with Gasteiger partial charge in [0.05, 0.1) is 0 Å². The highest BCUT2D eigenvalue weighted by Crippen LogP contribution is 2.31. The van der Waals surface area contributed by atoms with Crippen LogP contribution in [0.5, 0.6) is 0 Å². The fourth-order valence-electron chi connectivity index (χ4n) is 3.77. The van der Waals surface area contributed by atoms with Gasteiger partial charge in [0.25, 0.3) is 5.91 Å². The van der Waals surface area contributed by atoms with Gasteiger partial charge in [0, 0.05) is 50.1 Å². The summed E-state index contributed by atoms with van der Waals surface area (Å²) in [4.78, 5) is 51.1. The molecule has 3 aliphatic heterocycles. The first-order chi connectivity index (χ1) is 12.0. The molecule has 1 aromatic carbocycles. The number of hydrogen-bond acceptors (Lipinski definition) is 5. The second-order valence-electron chi connectivity index (χ2n) is 6.77. The van der Waals surface area contributed by atoms with Gasteiger partial charge in [-0.15, -0.1) is 0 Å². The summed E-state index contributed by atoms with van der Waals surface area (Å²) >= 11 is 0. The highest BCUT2D eigenvalue weighted by atomic mass is 16.2. The molecule has 2 fully saturated rings. The summed E-state index contributed by atoms with van der Waals surface area (Å²) in [6.07, 6.45) is 1.73. The van der Waals surface area contributed by atoms with E-state index in [0.29, 0.717) is 44.5 Å². The molecule has 4 rings (SSSR count). The number of rotatable bonds is 2. The Kier molecular flexibility index (Phi) is 3.78. The SMILES string of the molecule is O=C1CCN(c2ccc3c(c2)CN(C2CCC(=O)NC2=O)C3=O)CC1. The third kappa shape index (κ3) is 2.79. The van der Waals surface area contributed by atoms with E-state index in [1.165, 1.54) is 0 Å². The molecule has 3 aliphatic rings. The molecule has 7 nitrogen and oxygen atoms in total. The van der Waals surface area contributed by atoms with Gasteiger partial charge < -0.3 is 9.80 Å². The van der Waals surface area contributed by atoms with Crippen molar-refractivity contribution in [1.82, 2.24) is 10.2 Å². The third-order valence-corrected chi connectivity index (χ3v) is 5.19. The Morgan fingerprint density at radius 3 is 2.48 bits per heavy atom. The van der Waals surface area contributed by atoms with Crippen molar-refractivity contribution >= 4 is 29.2 Å². The van der Waals surface area contributed by atoms with E-state index in [4.69, 9.17) is 0 Å². The normalized spacial score (nSPS) is 23.8. The number of piperidine rings is 2. The van der Waals surface area contributed by atoms with Crippen LogP contribution in [0.2, 0.25) is 0 Å². The van der Waals surface area contributed by atoms with Gasteiger partial charge in [-0.2, -0.15) is 0 Å². The van der Waals surface area contributed by atoms with Crippen LogP contribution in [0.3, 0.4) is 0 Å². The molecule has 25 heavy (non-hydrogen) atoms. The van der Waals surface area contributed by atoms with Crippen molar-refractivity contribution in [2.75, 3.05) is 18.0 Å². The fourth-order valence-corrected chi connectivity index (χ4v) is 3.77. The number of carbonyl (C=O) groups excluding carboxylic acids is 4. The zero-order valence-electron chi connectivity index (χ0n) is 13.8. The standard InChI is InChI=1S/C18H19N3O4/c22-13-5-7-20(8-6-13)12-1-2-14-11(9-12)10-21(18(14)25)15-3-4-16(23)19-17(15)24/h1-2,9,15H,3-8,10H2,(H,19,23,24). The molecule has 3 heterocycles. The van der Waals surface area contributed by atoms with Crippen molar-refractivity contribution in [3.63, 3.8) is 0 Å². The van der Waals surface area contributed by atoms with Gasteiger partial charge in [0.2, 0.25) is 11.8 Å². The smallest absolute Gasteiger partial charge is 0.255 e. The maximum Gasteiger partial charge on any atom is 0.255 e. The number of benzene rings is 1. The molecule has 1 atom stereocenters. The lowest BCUT2D eigenvalue weighted by atomic mass is 10.0. The molecule has 0 spiro atoms. The topological polar surface area (TPSA) is 86.8 Å². The number of fused-ring (bicyclic) bond motifs is 1. The monoisotopic (exact) mass is 341 g/mol. The molecule has 7 heteroatoms. The van der Waals surface area contributed by atoms with E-state index < -0.39 is 11.9 Å². The number of Topliss-reactive ketones (excluding diaryl/α,β-unsaturated/α-hetero) is 1. The van der Waals surface area contributed by atoms with Crippen molar-refractivity contribution in [1.29, 1.82) is 0 Å². The highest BCUT2D eigenvalue weighted by Gasteiger charge is 2.39. The maximum atomic E-state index is 12.7. The predicted octanol–water partition coefficient (Wildman–Crippen LogP) is 0.617. The number of imide groups is 1. The van der Waals surface area contributed by atoms with Crippen LogP contribution in [0.15, 0.2) is 18.2 Å². The fraction of sp³-hybridized carbons (Fsp3) is 0.444. The van der Waals surface area contributed by atoms with Crippen molar-refractivity contribution < 1.29 is 19.2 Å². The lowest BCUT2D eigenvalue weighted by Crippen LogP contribution is -2.52. The summed E-state index contributed by atoms with van der Waals surface area (Å²) in [6, 6.07) is 5.10. The molecule has 0 aliphatic carbocycles. The summed E-state index contributed by atoms with van der Waals surface area (Å²) in [5.41, 5.74) is 2.51. The zero-order valence-corrected chi connectivity index (χ0v) is 13.8. The minimum Gasteiger partial charge on any atom is -0.371 e. The second kappa shape index (κ2) is 5.98. The van der Waals surface area contributed by atoms with Crippen LogP contribution in [0.25, 0.3) is 0 Å². The Balaban J connectivity index is 1.54. The third-order valence-electron chi connectivity index (χ3n) is 5.19. The number of anilines is 1. The minimum absolute atomic E-state index is 0.162. The molecular weight excluding hydrogens is 322 g/mol. The Labute approximate surface area is 145 Å². The maximum absolute atomic E-state index is 12.7. The van der Waals surface area contributed by atoms with E-state index in [2.05, 4.69) is 10.2 Å². The summed E-state index contributed by atoms with van der Waals surface area (Å²) < 4.78 is 0. The molecule has 2 saturated heterocycles. The van der Waals surface area contributed by atoms with E-state index in [1.54, 1.807) is 11.0 Å². The Bertz CT molecular complexity index is 779. The average Bonchev–Trinajstić information content (AvgIpc) is 2.92. The number of nitrogens with zero attached hydrogens (tertiary/aromatic N) is 2. The molecule has 0 aromatic heterocycles. The first-order valence-corrected chi connectivity index (χ1v) is 8.57. The van der Waals surface area contributed by atoms with Crippen LogP contribution in [-0.4, -0.2) is 47.5 Å². The molecule has 130 valence electrons. The van der Waals surface area contributed by atoms with Gasteiger partial charge in [-0.05, 0) is 30.2 Å². The van der Waals surface area contributed by atoms with Gasteiger partial charge in [-0.25, -0.2) is 0 Å². The van der Waals surface area contributed by atoms with E-state index in [9.17, 15) is 19.2 Å². The number of hydrogen-bond donors (Lipinski definition) is 1. The summed E-state index contributed by atoms with van der Waals surface area (Å²) in [5, 5.41) is 2.31. The van der Waals surface area contributed by atoms with Gasteiger partial charge >= 0.3 is 0 Å². The Morgan fingerprint density at radius 1 is 1.00 bits per heavy atom. The van der Waals surface area contributed by atoms with Gasteiger partial charge in [0.15, 0.2) is 0 Å². The van der Waals surface area contributed by atoms with E-state index in [0.717, 1.165) is 11.3 Å².